The van der Waals surface area contributed by atoms with Gasteiger partial charge >= 0.3 is 0 Å². The lowest BCUT2D eigenvalue weighted by Crippen LogP contribution is -1.82. The molecular weight excluding hydrogens is 322 g/mol. The van der Waals surface area contributed by atoms with Gasteiger partial charge in [-0.3, -0.25) is 0 Å². The summed E-state index contributed by atoms with van der Waals surface area (Å²) in [7, 11) is 0. The Kier molecular flexibility index (Phi) is 3.44. The van der Waals surface area contributed by atoms with Crippen molar-refractivity contribution >= 4 is 38.5 Å². The molecule has 3 rings (SSSR count). The average Bonchev–Trinajstić information content (AvgIpc) is 2.45. The summed E-state index contributed by atoms with van der Waals surface area (Å²) in [6.07, 6.45) is 1.78. The van der Waals surface area contributed by atoms with Crippen LogP contribution in [0.4, 0.5) is 0 Å². The number of hydrogen-bond acceptors (Lipinski definition) is 3. The SMILES string of the molecule is Oc1ccc(Sc2ccc(Br)cn2)c2ccccc12. The molecule has 0 aliphatic heterocycles. The van der Waals surface area contributed by atoms with Crippen molar-refractivity contribution in [3.8, 4) is 5.75 Å². The van der Waals surface area contributed by atoms with Gasteiger partial charge in [-0.2, -0.15) is 0 Å². The monoisotopic (exact) mass is 331 g/mol. The normalized spacial score (nSPS) is 10.8. The molecule has 3 aromatic rings. The summed E-state index contributed by atoms with van der Waals surface area (Å²) in [6, 6.07) is 15.4. The summed E-state index contributed by atoms with van der Waals surface area (Å²) in [6.45, 7) is 0. The number of aromatic hydroxyl groups is 1. The molecule has 0 bridgehead atoms. The maximum atomic E-state index is 9.87. The minimum Gasteiger partial charge on any atom is -0.507 e. The number of aromatic nitrogens is 1. The second-order valence-corrected chi connectivity index (χ2v) is 6.02. The van der Waals surface area contributed by atoms with Crippen LogP contribution in [0.3, 0.4) is 0 Å². The number of pyridine rings is 1. The van der Waals surface area contributed by atoms with Gasteiger partial charge in [-0.05, 0) is 45.6 Å². The molecule has 1 heterocycles. The highest BCUT2D eigenvalue weighted by molar-refractivity contribution is 9.10. The molecule has 4 heteroatoms. The molecule has 2 nitrogen and oxygen atoms in total. The molecule has 94 valence electrons. The van der Waals surface area contributed by atoms with E-state index in [2.05, 4.69) is 20.9 Å². The molecular formula is C15H10BrNOS. The van der Waals surface area contributed by atoms with Gasteiger partial charge in [0.15, 0.2) is 0 Å². The summed E-state index contributed by atoms with van der Waals surface area (Å²) in [5, 5.41) is 12.7. The Hall–Kier alpha value is -1.52. The third-order valence-electron chi connectivity index (χ3n) is 2.78. The summed E-state index contributed by atoms with van der Waals surface area (Å²) in [5.41, 5.74) is 0. The van der Waals surface area contributed by atoms with Gasteiger partial charge in [-0.25, -0.2) is 4.98 Å². The number of fused-ring (bicyclic) bond motifs is 1. The summed E-state index contributed by atoms with van der Waals surface area (Å²) in [5.74, 6) is 0.309. The van der Waals surface area contributed by atoms with E-state index in [9.17, 15) is 5.11 Å². The number of rotatable bonds is 2. The second kappa shape index (κ2) is 5.23. The van der Waals surface area contributed by atoms with E-state index in [0.29, 0.717) is 5.75 Å². The number of halogens is 1. The van der Waals surface area contributed by atoms with Crippen LogP contribution in [0, 0.1) is 0 Å². The van der Waals surface area contributed by atoms with Crippen molar-refractivity contribution in [2.75, 3.05) is 0 Å². The van der Waals surface area contributed by atoms with Crippen LogP contribution in [0.25, 0.3) is 10.8 Å². The van der Waals surface area contributed by atoms with Crippen LogP contribution in [0.15, 0.2) is 69.1 Å². The van der Waals surface area contributed by atoms with E-state index in [-0.39, 0.29) is 0 Å². The van der Waals surface area contributed by atoms with Crippen LogP contribution in [0.1, 0.15) is 0 Å². The average molecular weight is 332 g/mol. The molecule has 0 aliphatic rings. The molecule has 0 amide bonds. The van der Waals surface area contributed by atoms with Gasteiger partial charge in [0.05, 0.1) is 0 Å². The number of phenols is 1. The van der Waals surface area contributed by atoms with Crippen molar-refractivity contribution in [3.63, 3.8) is 0 Å². The Morgan fingerprint density at radius 3 is 2.47 bits per heavy atom. The minimum atomic E-state index is 0.309. The lowest BCUT2D eigenvalue weighted by molar-refractivity contribution is 0.481. The van der Waals surface area contributed by atoms with Crippen molar-refractivity contribution in [1.29, 1.82) is 0 Å². The van der Waals surface area contributed by atoms with Crippen LogP contribution in [0.2, 0.25) is 0 Å². The van der Waals surface area contributed by atoms with Crippen molar-refractivity contribution in [2.45, 2.75) is 9.92 Å². The molecule has 0 fully saturated rings. The quantitative estimate of drug-likeness (QED) is 0.728. The van der Waals surface area contributed by atoms with Crippen molar-refractivity contribution in [2.24, 2.45) is 0 Å². The Bertz CT molecular complexity index is 728. The predicted octanol–water partition coefficient (Wildman–Crippen LogP) is 4.85. The van der Waals surface area contributed by atoms with Gasteiger partial charge in [0.25, 0.3) is 0 Å². The molecule has 0 saturated carbocycles. The van der Waals surface area contributed by atoms with Crippen molar-refractivity contribution in [3.05, 3.63) is 59.2 Å². The van der Waals surface area contributed by atoms with E-state index < -0.39 is 0 Å². The van der Waals surface area contributed by atoms with Gasteiger partial charge < -0.3 is 5.11 Å². The standard InChI is InChI=1S/C15H10BrNOS/c16-10-5-8-15(17-9-10)19-14-7-6-13(18)11-3-1-2-4-12(11)14/h1-9,18H. The van der Waals surface area contributed by atoms with Crippen LogP contribution in [-0.2, 0) is 0 Å². The van der Waals surface area contributed by atoms with E-state index in [0.717, 1.165) is 25.2 Å². The van der Waals surface area contributed by atoms with E-state index >= 15 is 0 Å². The lowest BCUT2D eigenvalue weighted by atomic mass is 10.1. The fourth-order valence-electron chi connectivity index (χ4n) is 1.88. The third-order valence-corrected chi connectivity index (χ3v) is 4.27. The number of benzene rings is 2. The Morgan fingerprint density at radius 2 is 1.74 bits per heavy atom. The Labute approximate surface area is 123 Å². The molecule has 0 unspecified atom stereocenters. The Morgan fingerprint density at radius 1 is 0.947 bits per heavy atom. The number of hydrogen-bond donors (Lipinski definition) is 1. The van der Waals surface area contributed by atoms with Crippen LogP contribution >= 0.6 is 27.7 Å². The highest BCUT2D eigenvalue weighted by Crippen LogP contribution is 2.36. The first-order chi connectivity index (χ1) is 9.24. The van der Waals surface area contributed by atoms with Gasteiger partial charge in [0.2, 0.25) is 0 Å². The topological polar surface area (TPSA) is 33.1 Å². The molecule has 2 aromatic carbocycles. The lowest BCUT2D eigenvalue weighted by Gasteiger charge is -2.07. The first-order valence-corrected chi connectivity index (χ1v) is 7.35. The zero-order valence-corrected chi connectivity index (χ0v) is 12.3. The van der Waals surface area contributed by atoms with Crippen LogP contribution in [-0.4, -0.2) is 10.1 Å². The second-order valence-electron chi connectivity index (χ2n) is 4.05. The highest BCUT2D eigenvalue weighted by atomic mass is 79.9. The first-order valence-electron chi connectivity index (χ1n) is 5.74. The van der Waals surface area contributed by atoms with Gasteiger partial charge in [-0.1, -0.05) is 36.0 Å². The smallest absolute Gasteiger partial charge is 0.123 e. The van der Waals surface area contributed by atoms with E-state index in [1.165, 1.54) is 0 Å². The van der Waals surface area contributed by atoms with E-state index in [4.69, 9.17) is 0 Å². The highest BCUT2D eigenvalue weighted by Gasteiger charge is 2.06. The maximum absolute atomic E-state index is 9.87. The summed E-state index contributed by atoms with van der Waals surface area (Å²) in [4.78, 5) is 5.44. The maximum Gasteiger partial charge on any atom is 0.123 e. The molecule has 19 heavy (non-hydrogen) atoms. The van der Waals surface area contributed by atoms with E-state index in [1.54, 1.807) is 24.0 Å². The third kappa shape index (κ3) is 2.60. The van der Waals surface area contributed by atoms with E-state index in [1.807, 2.05) is 42.5 Å². The van der Waals surface area contributed by atoms with Crippen LogP contribution < -0.4 is 0 Å². The molecule has 1 N–H and O–H groups in total. The van der Waals surface area contributed by atoms with Gasteiger partial charge in [0.1, 0.15) is 10.8 Å². The van der Waals surface area contributed by atoms with Crippen molar-refractivity contribution in [1.82, 2.24) is 4.98 Å². The molecule has 0 radical (unpaired) electrons. The summed E-state index contributed by atoms with van der Waals surface area (Å²) < 4.78 is 0.965. The molecule has 0 spiro atoms. The van der Waals surface area contributed by atoms with Crippen molar-refractivity contribution < 1.29 is 5.11 Å². The van der Waals surface area contributed by atoms with Gasteiger partial charge in [-0.15, -0.1) is 0 Å². The number of nitrogens with zero attached hydrogens (tertiary/aromatic N) is 1. The van der Waals surface area contributed by atoms with Gasteiger partial charge in [0, 0.05) is 21.0 Å². The fraction of sp³-hybridized carbons (Fsp3) is 0. The predicted molar refractivity (Wildman–Crippen MR) is 81.7 cm³/mol. The van der Waals surface area contributed by atoms with Crippen LogP contribution in [0.5, 0.6) is 5.75 Å². The molecule has 1 aromatic heterocycles. The Balaban J connectivity index is 2.06. The molecule has 0 aliphatic carbocycles. The zero-order valence-electron chi connectivity index (χ0n) is 9.88. The minimum absolute atomic E-state index is 0.309. The fourth-order valence-corrected chi connectivity index (χ4v) is 3.01. The first kappa shape index (κ1) is 12.5. The molecule has 0 atom stereocenters. The largest absolute Gasteiger partial charge is 0.507 e. The molecule has 0 saturated heterocycles. The summed E-state index contributed by atoms with van der Waals surface area (Å²) >= 11 is 4.97. The number of phenolic OH excluding ortho intramolecular Hbond substituents is 1. The zero-order chi connectivity index (χ0) is 13.2.